The molecule has 1 heteroatoms. The number of benzene rings is 5. The van der Waals surface area contributed by atoms with Crippen LogP contribution in [0.3, 0.4) is 0 Å². The van der Waals surface area contributed by atoms with E-state index in [1.165, 1.54) is 21.5 Å². The Kier molecular flexibility index (Phi) is 4.88. The van der Waals surface area contributed by atoms with Crippen molar-refractivity contribution in [2.24, 2.45) is 0 Å². The summed E-state index contributed by atoms with van der Waals surface area (Å²) in [7, 11) is 0. The van der Waals surface area contributed by atoms with E-state index in [1.807, 2.05) is 0 Å². The van der Waals surface area contributed by atoms with Gasteiger partial charge in [-0.25, -0.2) is 0 Å². The number of aryl methyl sites for hydroxylation is 1. The van der Waals surface area contributed by atoms with E-state index < -0.39 is 0 Å². The van der Waals surface area contributed by atoms with Crippen molar-refractivity contribution in [3.05, 3.63) is 138 Å². The first-order valence-corrected chi connectivity index (χ1v) is 10.8. The lowest BCUT2D eigenvalue weighted by molar-refractivity contribution is 1.41. The zero-order chi connectivity index (χ0) is 22.2. The van der Waals surface area contributed by atoms with Gasteiger partial charge >= 0.3 is 0 Å². The Bertz CT molecular complexity index is 1410. The van der Waals surface area contributed by atoms with Gasteiger partial charge in [-0.05, 0) is 80.6 Å². The van der Waals surface area contributed by atoms with Crippen molar-refractivity contribution >= 4 is 38.4 Å². The van der Waals surface area contributed by atoms with Crippen molar-refractivity contribution in [2.75, 3.05) is 5.73 Å². The number of hydrogen-bond acceptors (Lipinski definition) is 1. The van der Waals surface area contributed by atoms with Gasteiger partial charge < -0.3 is 5.73 Å². The van der Waals surface area contributed by atoms with Crippen LogP contribution in [0.15, 0.2) is 110 Å². The van der Waals surface area contributed by atoms with E-state index in [1.54, 1.807) is 0 Å². The average Bonchev–Trinajstić information content (AvgIpc) is 2.83. The Morgan fingerprint density at radius 3 is 1.41 bits per heavy atom. The predicted octanol–water partition coefficient (Wildman–Crippen LogP) is 8.01. The van der Waals surface area contributed by atoms with Gasteiger partial charge in [0, 0.05) is 16.8 Å². The first-order chi connectivity index (χ1) is 15.5. The van der Waals surface area contributed by atoms with Crippen LogP contribution in [0.25, 0.3) is 32.7 Å². The van der Waals surface area contributed by atoms with Gasteiger partial charge in [0.25, 0.3) is 0 Å². The minimum atomic E-state index is 0.715. The number of nitrogens with two attached hydrogens (primary N) is 1. The Labute approximate surface area is 189 Å². The summed E-state index contributed by atoms with van der Waals surface area (Å²) in [6.07, 6.45) is 0. The van der Waals surface area contributed by atoms with E-state index in [9.17, 15) is 0 Å². The van der Waals surface area contributed by atoms with Crippen molar-refractivity contribution in [1.82, 2.24) is 0 Å². The molecule has 2 N–H and O–H groups in total. The van der Waals surface area contributed by atoms with Gasteiger partial charge in [-0.1, -0.05) is 86.0 Å². The van der Waals surface area contributed by atoms with Crippen molar-refractivity contribution in [1.29, 1.82) is 0 Å². The third kappa shape index (κ3) is 3.48. The van der Waals surface area contributed by atoms with Crippen LogP contribution in [-0.4, -0.2) is 0 Å². The molecular weight excluding hydrogens is 386 g/mol. The molecule has 0 radical (unpaired) electrons. The summed E-state index contributed by atoms with van der Waals surface area (Å²) in [6, 6.07) is 33.8. The van der Waals surface area contributed by atoms with Gasteiger partial charge in [-0.15, -0.1) is 0 Å². The quantitative estimate of drug-likeness (QED) is 0.298. The number of fused-ring (bicyclic) bond motifs is 2. The van der Waals surface area contributed by atoms with Crippen molar-refractivity contribution in [3.63, 3.8) is 0 Å². The molecule has 0 heterocycles. The van der Waals surface area contributed by atoms with Crippen molar-refractivity contribution in [2.45, 2.75) is 6.92 Å². The maximum Gasteiger partial charge on any atom is 0.0473 e. The van der Waals surface area contributed by atoms with Gasteiger partial charge in [0.2, 0.25) is 0 Å². The monoisotopic (exact) mass is 411 g/mol. The average molecular weight is 412 g/mol. The zero-order valence-electron chi connectivity index (χ0n) is 18.2. The molecule has 0 aromatic heterocycles. The summed E-state index contributed by atoms with van der Waals surface area (Å²) in [5.41, 5.74) is 14.5. The number of nitrogen functional groups attached to an aromatic ring is 1. The molecule has 0 bridgehead atoms. The highest BCUT2D eigenvalue weighted by Gasteiger charge is 2.15. The molecule has 0 saturated heterocycles. The summed E-state index contributed by atoms with van der Waals surface area (Å²) >= 11 is 0. The van der Waals surface area contributed by atoms with E-state index in [4.69, 9.17) is 5.73 Å². The summed E-state index contributed by atoms with van der Waals surface area (Å²) < 4.78 is 0. The van der Waals surface area contributed by atoms with E-state index in [2.05, 4.69) is 117 Å². The first-order valence-electron chi connectivity index (χ1n) is 10.8. The molecule has 0 amide bonds. The number of anilines is 1. The van der Waals surface area contributed by atoms with E-state index in [0.717, 1.165) is 39.0 Å². The van der Waals surface area contributed by atoms with Crippen LogP contribution in [-0.2, 0) is 0 Å². The SMILES string of the molecule is C=C(c1ccc2ccccc2c1)c1cc(C)cc(C(=C)c2ccc3ccccc3c2)c1N. The molecule has 0 saturated carbocycles. The molecule has 0 spiro atoms. The minimum absolute atomic E-state index is 0.715. The second-order valence-electron chi connectivity index (χ2n) is 8.35. The van der Waals surface area contributed by atoms with Crippen molar-refractivity contribution in [3.8, 4) is 0 Å². The Hall–Kier alpha value is -4.10. The fourth-order valence-corrected chi connectivity index (χ4v) is 4.36. The lowest BCUT2D eigenvalue weighted by Gasteiger charge is -2.17. The predicted molar refractivity (Wildman–Crippen MR) is 140 cm³/mol. The van der Waals surface area contributed by atoms with Gasteiger partial charge in [0.15, 0.2) is 0 Å². The van der Waals surface area contributed by atoms with Gasteiger partial charge in [-0.3, -0.25) is 0 Å². The second kappa shape index (κ2) is 7.86. The normalized spacial score (nSPS) is 11.0. The van der Waals surface area contributed by atoms with Crippen LogP contribution in [0, 0.1) is 6.92 Å². The van der Waals surface area contributed by atoms with Crippen LogP contribution >= 0.6 is 0 Å². The summed E-state index contributed by atoms with van der Waals surface area (Å²) in [6.45, 7) is 10.9. The lowest BCUT2D eigenvalue weighted by Crippen LogP contribution is -2.02. The van der Waals surface area contributed by atoms with E-state index >= 15 is 0 Å². The van der Waals surface area contributed by atoms with Crippen molar-refractivity contribution < 1.29 is 0 Å². The van der Waals surface area contributed by atoms with Gasteiger partial charge in [0.05, 0.1) is 0 Å². The lowest BCUT2D eigenvalue weighted by atomic mass is 9.89. The first kappa shape index (κ1) is 19.8. The van der Waals surface area contributed by atoms with Crippen LogP contribution in [0.2, 0.25) is 0 Å². The zero-order valence-corrected chi connectivity index (χ0v) is 18.2. The smallest absolute Gasteiger partial charge is 0.0473 e. The molecule has 0 unspecified atom stereocenters. The molecule has 0 aliphatic carbocycles. The molecule has 1 nitrogen and oxygen atoms in total. The van der Waals surface area contributed by atoms with Crippen LogP contribution in [0.5, 0.6) is 0 Å². The maximum atomic E-state index is 6.73. The molecule has 5 aromatic carbocycles. The molecule has 0 fully saturated rings. The minimum Gasteiger partial charge on any atom is -0.398 e. The Morgan fingerprint density at radius 2 is 0.969 bits per heavy atom. The maximum absolute atomic E-state index is 6.73. The summed E-state index contributed by atoms with van der Waals surface area (Å²) in [5, 5.41) is 4.81. The van der Waals surface area contributed by atoms with E-state index in [-0.39, 0.29) is 0 Å². The molecule has 5 rings (SSSR count). The number of rotatable bonds is 4. The fraction of sp³-hybridized carbons (Fsp3) is 0.0323. The standard InChI is InChI=1S/C31H25N/c1-20-16-29(21(2)25-14-12-23-8-4-6-10-27(23)18-25)31(32)30(17-20)22(3)26-15-13-24-9-5-7-11-28(24)19-26/h4-19H,2-3,32H2,1H3. The largest absolute Gasteiger partial charge is 0.398 e. The number of hydrogen-bond donors (Lipinski definition) is 1. The third-order valence-electron chi connectivity index (χ3n) is 6.17. The summed E-state index contributed by atoms with van der Waals surface area (Å²) in [5.74, 6) is 0. The molecule has 32 heavy (non-hydrogen) atoms. The second-order valence-corrected chi connectivity index (χ2v) is 8.35. The van der Waals surface area contributed by atoms with Gasteiger partial charge in [-0.2, -0.15) is 0 Å². The molecular formula is C31H25N. The highest BCUT2D eigenvalue weighted by molar-refractivity contribution is 5.96. The molecule has 0 aliphatic rings. The van der Waals surface area contributed by atoms with Crippen LogP contribution in [0.1, 0.15) is 27.8 Å². The highest BCUT2D eigenvalue weighted by Crippen LogP contribution is 2.36. The van der Waals surface area contributed by atoms with Gasteiger partial charge in [0.1, 0.15) is 0 Å². The Balaban J connectivity index is 1.58. The summed E-state index contributed by atoms with van der Waals surface area (Å²) in [4.78, 5) is 0. The molecule has 154 valence electrons. The van der Waals surface area contributed by atoms with E-state index in [0.29, 0.717) is 5.69 Å². The topological polar surface area (TPSA) is 26.0 Å². The molecule has 0 aliphatic heterocycles. The molecule has 0 atom stereocenters. The fourth-order valence-electron chi connectivity index (χ4n) is 4.36. The van der Waals surface area contributed by atoms with Crippen LogP contribution < -0.4 is 5.73 Å². The van der Waals surface area contributed by atoms with Crippen LogP contribution in [0.4, 0.5) is 5.69 Å². The third-order valence-corrected chi connectivity index (χ3v) is 6.17. The Morgan fingerprint density at radius 1 is 0.562 bits per heavy atom. The molecule has 5 aromatic rings. The highest BCUT2D eigenvalue weighted by atomic mass is 14.6.